The van der Waals surface area contributed by atoms with Gasteiger partial charge in [-0.2, -0.15) is 9.67 Å². The molecule has 116 valence electrons. The second-order valence-corrected chi connectivity index (χ2v) is 5.99. The average molecular weight is 318 g/mol. The van der Waals surface area contributed by atoms with E-state index in [1.165, 1.54) is 47.0 Å². The first-order valence-electron chi connectivity index (χ1n) is 6.81. The predicted octanol–water partition coefficient (Wildman–Crippen LogP) is 2.81. The maximum absolute atomic E-state index is 11.6. The Labute approximate surface area is 133 Å². The SMILES string of the molecule is CC(=O)Nc1nc(SCc2ccc(C)cc2C)n(C(C)=O)n1. The van der Waals surface area contributed by atoms with Gasteiger partial charge >= 0.3 is 0 Å². The van der Waals surface area contributed by atoms with Gasteiger partial charge in [-0.15, -0.1) is 5.10 Å². The minimum atomic E-state index is -0.272. The first kappa shape index (κ1) is 16.2. The molecule has 0 fully saturated rings. The molecular weight excluding hydrogens is 300 g/mol. The number of hydrogen-bond donors (Lipinski definition) is 1. The van der Waals surface area contributed by atoms with Crippen molar-refractivity contribution in [1.82, 2.24) is 14.8 Å². The molecule has 2 rings (SSSR count). The maximum Gasteiger partial charge on any atom is 0.250 e. The van der Waals surface area contributed by atoms with Crippen LogP contribution in [0.5, 0.6) is 0 Å². The van der Waals surface area contributed by atoms with E-state index in [4.69, 9.17) is 0 Å². The molecule has 0 bridgehead atoms. The molecule has 0 aliphatic heterocycles. The molecule has 0 aliphatic carbocycles. The minimum absolute atomic E-state index is 0.144. The summed E-state index contributed by atoms with van der Waals surface area (Å²) in [5, 5.41) is 6.96. The molecule has 0 saturated heterocycles. The highest BCUT2D eigenvalue weighted by atomic mass is 32.2. The summed E-state index contributed by atoms with van der Waals surface area (Å²) >= 11 is 1.41. The number of thioether (sulfide) groups is 1. The number of anilines is 1. The number of hydrogen-bond acceptors (Lipinski definition) is 5. The summed E-state index contributed by atoms with van der Waals surface area (Å²) in [4.78, 5) is 26.9. The van der Waals surface area contributed by atoms with Crippen LogP contribution in [0, 0.1) is 13.8 Å². The van der Waals surface area contributed by atoms with Crippen LogP contribution >= 0.6 is 11.8 Å². The summed E-state index contributed by atoms with van der Waals surface area (Å²) in [6, 6.07) is 6.25. The van der Waals surface area contributed by atoms with Crippen LogP contribution in [0.15, 0.2) is 23.4 Å². The summed E-state index contributed by atoms with van der Waals surface area (Å²) in [5.74, 6) is 0.308. The fraction of sp³-hybridized carbons (Fsp3) is 0.333. The summed E-state index contributed by atoms with van der Waals surface area (Å²) in [6.45, 7) is 6.89. The second kappa shape index (κ2) is 6.74. The Kier molecular flexibility index (Phi) is 4.97. The summed E-state index contributed by atoms with van der Waals surface area (Å²) < 4.78 is 1.21. The van der Waals surface area contributed by atoms with E-state index in [-0.39, 0.29) is 17.8 Å². The third-order valence-corrected chi connectivity index (χ3v) is 4.00. The van der Waals surface area contributed by atoms with Crippen molar-refractivity contribution in [3.05, 3.63) is 34.9 Å². The summed E-state index contributed by atoms with van der Waals surface area (Å²) in [7, 11) is 0. The number of carbonyl (C=O) groups is 2. The van der Waals surface area contributed by atoms with Crippen molar-refractivity contribution in [3.8, 4) is 0 Å². The third kappa shape index (κ3) is 3.94. The standard InChI is InChI=1S/C15H18N4O2S/c1-9-5-6-13(10(2)7-9)8-22-15-17-14(16-11(3)20)18-19(15)12(4)21/h5-7H,8H2,1-4H3,(H,16,18,20). The summed E-state index contributed by atoms with van der Waals surface area (Å²) in [6.07, 6.45) is 0. The van der Waals surface area contributed by atoms with E-state index in [1.54, 1.807) is 0 Å². The van der Waals surface area contributed by atoms with Crippen LogP contribution in [0.1, 0.15) is 35.3 Å². The van der Waals surface area contributed by atoms with Gasteiger partial charge in [0.15, 0.2) is 5.16 Å². The molecule has 0 radical (unpaired) electrons. The topological polar surface area (TPSA) is 76.9 Å². The number of aryl methyl sites for hydroxylation is 2. The molecule has 1 aromatic heterocycles. The number of carbonyl (C=O) groups excluding carboxylic acids is 2. The van der Waals surface area contributed by atoms with Gasteiger partial charge in [0.2, 0.25) is 17.8 Å². The lowest BCUT2D eigenvalue weighted by atomic mass is 10.1. The van der Waals surface area contributed by atoms with Gasteiger partial charge in [0.05, 0.1) is 0 Å². The molecule has 1 N–H and O–H groups in total. The molecule has 2 aromatic rings. The van der Waals surface area contributed by atoms with Crippen molar-refractivity contribution in [3.63, 3.8) is 0 Å². The van der Waals surface area contributed by atoms with Gasteiger partial charge in [-0.05, 0) is 25.0 Å². The van der Waals surface area contributed by atoms with Crippen molar-refractivity contribution in [2.24, 2.45) is 0 Å². The Morgan fingerprint density at radius 1 is 1.27 bits per heavy atom. The highest BCUT2D eigenvalue weighted by Crippen LogP contribution is 2.24. The van der Waals surface area contributed by atoms with Gasteiger partial charge in [-0.25, -0.2) is 0 Å². The molecule has 0 saturated carbocycles. The minimum Gasteiger partial charge on any atom is -0.293 e. The Morgan fingerprint density at radius 3 is 2.59 bits per heavy atom. The van der Waals surface area contributed by atoms with Crippen LogP contribution in [0.2, 0.25) is 0 Å². The van der Waals surface area contributed by atoms with Crippen molar-refractivity contribution >= 4 is 29.5 Å². The van der Waals surface area contributed by atoms with Crippen molar-refractivity contribution in [2.45, 2.75) is 38.6 Å². The molecule has 7 heteroatoms. The quantitative estimate of drug-likeness (QED) is 0.877. The number of amides is 1. The monoisotopic (exact) mass is 318 g/mol. The van der Waals surface area contributed by atoms with E-state index >= 15 is 0 Å². The zero-order chi connectivity index (χ0) is 16.3. The van der Waals surface area contributed by atoms with E-state index in [1.807, 2.05) is 0 Å². The molecule has 0 unspecified atom stereocenters. The number of aromatic nitrogens is 3. The molecule has 1 aromatic carbocycles. The number of rotatable bonds is 4. The number of nitrogens with zero attached hydrogens (tertiary/aromatic N) is 3. The van der Waals surface area contributed by atoms with Crippen molar-refractivity contribution in [2.75, 3.05) is 5.32 Å². The largest absolute Gasteiger partial charge is 0.293 e. The van der Waals surface area contributed by atoms with Gasteiger partial charge < -0.3 is 0 Å². The molecule has 0 atom stereocenters. The Bertz CT molecular complexity index is 724. The second-order valence-electron chi connectivity index (χ2n) is 5.05. The third-order valence-electron chi connectivity index (χ3n) is 3.02. The normalized spacial score (nSPS) is 10.5. The lowest BCUT2D eigenvalue weighted by Gasteiger charge is -2.06. The molecule has 1 amide bonds. The molecule has 0 spiro atoms. The van der Waals surface area contributed by atoms with Crippen LogP contribution in [0.25, 0.3) is 0 Å². The fourth-order valence-electron chi connectivity index (χ4n) is 1.96. The van der Waals surface area contributed by atoms with E-state index < -0.39 is 0 Å². The van der Waals surface area contributed by atoms with Gasteiger partial charge in [0.25, 0.3) is 0 Å². The van der Waals surface area contributed by atoms with Gasteiger partial charge in [-0.3, -0.25) is 14.9 Å². The molecule has 1 heterocycles. The molecule has 0 aliphatic rings. The zero-order valence-corrected chi connectivity index (χ0v) is 13.8. The van der Waals surface area contributed by atoms with E-state index in [0.717, 1.165) is 0 Å². The highest BCUT2D eigenvalue weighted by molar-refractivity contribution is 7.98. The van der Waals surface area contributed by atoms with E-state index in [0.29, 0.717) is 10.9 Å². The summed E-state index contributed by atoms with van der Waals surface area (Å²) in [5.41, 5.74) is 3.59. The van der Waals surface area contributed by atoms with Crippen LogP contribution < -0.4 is 5.32 Å². The molecule has 6 nitrogen and oxygen atoms in total. The average Bonchev–Trinajstić information content (AvgIpc) is 2.80. The van der Waals surface area contributed by atoms with Gasteiger partial charge in [0, 0.05) is 19.6 Å². The fourth-order valence-corrected chi connectivity index (χ4v) is 3.01. The van der Waals surface area contributed by atoms with Crippen LogP contribution in [0.4, 0.5) is 5.95 Å². The molecular formula is C15H18N4O2S. The first-order chi connectivity index (χ1) is 10.4. The van der Waals surface area contributed by atoms with Crippen LogP contribution in [-0.2, 0) is 10.5 Å². The van der Waals surface area contributed by atoms with Crippen LogP contribution in [0.3, 0.4) is 0 Å². The molecule has 22 heavy (non-hydrogen) atoms. The highest BCUT2D eigenvalue weighted by Gasteiger charge is 2.15. The van der Waals surface area contributed by atoms with Crippen molar-refractivity contribution < 1.29 is 9.59 Å². The lowest BCUT2D eigenvalue weighted by Crippen LogP contribution is -2.11. The Morgan fingerprint density at radius 2 is 2.00 bits per heavy atom. The first-order valence-corrected chi connectivity index (χ1v) is 7.80. The zero-order valence-electron chi connectivity index (χ0n) is 13.0. The number of benzene rings is 1. The van der Waals surface area contributed by atoms with Gasteiger partial charge in [-0.1, -0.05) is 35.5 Å². The van der Waals surface area contributed by atoms with Crippen molar-refractivity contribution in [1.29, 1.82) is 0 Å². The van der Waals surface area contributed by atoms with E-state index in [2.05, 4.69) is 47.4 Å². The maximum atomic E-state index is 11.6. The Balaban J connectivity index is 2.19. The van der Waals surface area contributed by atoms with E-state index in [9.17, 15) is 9.59 Å². The number of nitrogens with one attached hydrogen (secondary N) is 1. The lowest BCUT2D eigenvalue weighted by molar-refractivity contribution is -0.114. The van der Waals surface area contributed by atoms with Crippen LogP contribution in [-0.4, -0.2) is 26.6 Å². The Hall–Kier alpha value is -2.15. The smallest absolute Gasteiger partial charge is 0.250 e. The van der Waals surface area contributed by atoms with Gasteiger partial charge in [0.1, 0.15) is 0 Å². The predicted molar refractivity (Wildman–Crippen MR) is 86.1 cm³/mol.